The van der Waals surface area contributed by atoms with Gasteiger partial charge in [-0.2, -0.15) is 9.97 Å². The highest BCUT2D eigenvalue weighted by molar-refractivity contribution is 5.80. The first-order chi connectivity index (χ1) is 8.60. The van der Waals surface area contributed by atoms with Gasteiger partial charge in [0, 0.05) is 26.2 Å². The average Bonchev–Trinajstić information content (AvgIpc) is 2.37. The van der Waals surface area contributed by atoms with Gasteiger partial charge in [-0.3, -0.25) is 4.79 Å². The van der Waals surface area contributed by atoms with Crippen molar-refractivity contribution in [1.82, 2.24) is 14.9 Å². The maximum absolute atomic E-state index is 11.8. The molecule has 0 bridgehead atoms. The van der Waals surface area contributed by atoms with Crippen molar-refractivity contribution < 1.29 is 4.79 Å². The molecule has 0 fully saturated rings. The molecule has 0 radical (unpaired) electrons. The number of nitrogens with zero attached hydrogens (tertiary/aromatic N) is 3. The van der Waals surface area contributed by atoms with Crippen LogP contribution in [0.4, 0.5) is 17.6 Å². The van der Waals surface area contributed by atoms with Crippen molar-refractivity contribution in [2.75, 3.05) is 43.0 Å². The molecule has 100 valence electrons. The first-order valence-corrected chi connectivity index (χ1v) is 5.94. The summed E-state index contributed by atoms with van der Waals surface area (Å²) in [5, 5.41) is 5.82. The van der Waals surface area contributed by atoms with Crippen molar-refractivity contribution in [1.29, 1.82) is 0 Å². The van der Waals surface area contributed by atoms with Gasteiger partial charge in [-0.25, -0.2) is 0 Å². The zero-order valence-corrected chi connectivity index (χ0v) is 11.0. The van der Waals surface area contributed by atoms with E-state index in [-0.39, 0.29) is 18.4 Å². The van der Waals surface area contributed by atoms with E-state index in [1.165, 1.54) is 0 Å². The van der Waals surface area contributed by atoms with E-state index in [0.717, 1.165) is 0 Å². The lowest BCUT2D eigenvalue weighted by Gasteiger charge is -2.19. The molecule has 0 atom stereocenters. The Kier molecular flexibility index (Phi) is 5.16. The van der Waals surface area contributed by atoms with Crippen molar-refractivity contribution in [3.8, 4) is 0 Å². The van der Waals surface area contributed by atoms with Gasteiger partial charge in [-0.1, -0.05) is 0 Å². The molecular weight excluding hydrogens is 232 g/mol. The van der Waals surface area contributed by atoms with Gasteiger partial charge in [0.1, 0.15) is 11.6 Å². The van der Waals surface area contributed by atoms with Crippen LogP contribution in [0.3, 0.4) is 0 Å². The number of nitrogens with one attached hydrogen (secondary N) is 2. The summed E-state index contributed by atoms with van der Waals surface area (Å²) in [6.07, 6.45) is 0. The third-order valence-electron chi connectivity index (χ3n) is 2.54. The van der Waals surface area contributed by atoms with E-state index in [4.69, 9.17) is 5.73 Å². The standard InChI is InChI=1S/C11H20N6O/c1-4-17(5-2)10(18)7-14-9-6-8(13-3)15-11(12)16-9/h6H,4-5,7H2,1-3H3,(H4,12,13,14,15,16). The number of aromatic nitrogens is 2. The van der Waals surface area contributed by atoms with Gasteiger partial charge < -0.3 is 21.3 Å². The third-order valence-corrected chi connectivity index (χ3v) is 2.54. The minimum Gasteiger partial charge on any atom is -0.373 e. The fraction of sp³-hybridized carbons (Fsp3) is 0.545. The smallest absolute Gasteiger partial charge is 0.241 e. The van der Waals surface area contributed by atoms with Crippen molar-refractivity contribution in [2.45, 2.75) is 13.8 Å². The van der Waals surface area contributed by atoms with Crippen LogP contribution in [-0.2, 0) is 4.79 Å². The van der Waals surface area contributed by atoms with Crippen LogP contribution in [0.1, 0.15) is 13.8 Å². The van der Waals surface area contributed by atoms with Gasteiger partial charge in [0.25, 0.3) is 0 Å². The van der Waals surface area contributed by atoms with E-state index in [9.17, 15) is 4.79 Å². The van der Waals surface area contributed by atoms with Crippen LogP contribution >= 0.6 is 0 Å². The second kappa shape index (κ2) is 6.63. The molecule has 0 aliphatic heterocycles. The van der Waals surface area contributed by atoms with Gasteiger partial charge in [0.2, 0.25) is 11.9 Å². The van der Waals surface area contributed by atoms with Gasteiger partial charge in [-0.05, 0) is 13.8 Å². The number of hydrogen-bond acceptors (Lipinski definition) is 6. The zero-order chi connectivity index (χ0) is 13.5. The number of rotatable bonds is 6. The van der Waals surface area contributed by atoms with Crippen molar-refractivity contribution in [2.24, 2.45) is 0 Å². The summed E-state index contributed by atoms with van der Waals surface area (Å²) in [5.41, 5.74) is 5.56. The molecule has 1 rings (SSSR count). The van der Waals surface area contributed by atoms with Gasteiger partial charge in [-0.15, -0.1) is 0 Å². The molecule has 1 heterocycles. The monoisotopic (exact) mass is 252 g/mol. The summed E-state index contributed by atoms with van der Waals surface area (Å²) in [6.45, 7) is 5.49. The topological polar surface area (TPSA) is 96.2 Å². The van der Waals surface area contributed by atoms with Crippen LogP contribution in [0.5, 0.6) is 0 Å². The highest BCUT2D eigenvalue weighted by atomic mass is 16.2. The molecule has 4 N–H and O–H groups in total. The summed E-state index contributed by atoms with van der Waals surface area (Å²) < 4.78 is 0. The fourth-order valence-corrected chi connectivity index (χ4v) is 1.54. The summed E-state index contributed by atoms with van der Waals surface area (Å²) in [6, 6.07) is 1.70. The van der Waals surface area contributed by atoms with Crippen molar-refractivity contribution in [3.63, 3.8) is 0 Å². The normalized spacial score (nSPS) is 9.94. The lowest BCUT2D eigenvalue weighted by molar-refractivity contribution is -0.128. The van der Waals surface area contributed by atoms with Gasteiger partial charge >= 0.3 is 0 Å². The minimum atomic E-state index is 0.0307. The molecule has 7 heteroatoms. The predicted molar refractivity (Wildman–Crippen MR) is 72.4 cm³/mol. The Morgan fingerprint density at radius 1 is 1.33 bits per heavy atom. The van der Waals surface area contributed by atoms with Crippen LogP contribution in [0.15, 0.2) is 6.07 Å². The molecule has 0 aromatic carbocycles. The fourth-order valence-electron chi connectivity index (χ4n) is 1.54. The van der Waals surface area contributed by atoms with Crippen molar-refractivity contribution in [3.05, 3.63) is 6.07 Å². The lowest BCUT2D eigenvalue weighted by Crippen LogP contribution is -2.35. The SMILES string of the molecule is CCN(CC)C(=O)CNc1cc(NC)nc(N)n1. The molecule has 1 amide bonds. The minimum absolute atomic E-state index is 0.0307. The molecule has 0 unspecified atom stereocenters. The Labute approximate surface area is 107 Å². The second-order valence-corrected chi connectivity index (χ2v) is 3.67. The van der Waals surface area contributed by atoms with E-state index in [1.807, 2.05) is 13.8 Å². The lowest BCUT2D eigenvalue weighted by atomic mass is 10.4. The molecule has 1 aromatic rings. The number of anilines is 3. The number of amides is 1. The molecule has 0 aliphatic carbocycles. The highest BCUT2D eigenvalue weighted by Gasteiger charge is 2.09. The molecule has 0 saturated carbocycles. The Hall–Kier alpha value is -2.05. The van der Waals surface area contributed by atoms with Crippen molar-refractivity contribution >= 4 is 23.5 Å². The van der Waals surface area contributed by atoms with Gasteiger partial charge in [0.05, 0.1) is 6.54 Å². The van der Waals surface area contributed by atoms with E-state index in [2.05, 4.69) is 20.6 Å². The zero-order valence-electron chi connectivity index (χ0n) is 11.0. The second-order valence-electron chi connectivity index (χ2n) is 3.67. The number of hydrogen-bond donors (Lipinski definition) is 3. The van der Waals surface area contributed by atoms with Crippen LogP contribution in [0, 0.1) is 0 Å². The number of nitrogens with two attached hydrogens (primary N) is 1. The van der Waals surface area contributed by atoms with E-state index < -0.39 is 0 Å². The van der Waals surface area contributed by atoms with E-state index in [1.54, 1.807) is 18.0 Å². The predicted octanol–water partition coefficient (Wildman–Crippen LogP) is 0.381. The first kappa shape index (κ1) is 14.0. The highest BCUT2D eigenvalue weighted by Crippen LogP contribution is 2.11. The third kappa shape index (κ3) is 3.76. The number of nitrogen functional groups attached to an aromatic ring is 1. The molecule has 1 aromatic heterocycles. The molecule has 7 nitrogen and oxygen atoms in total. The Morgan fingerprint density at radius 2 is 1.94 bits per heavy atom. The Morgan fingerprint density at radius 3 is 2.50 bits per heavy atom. The number of likely N-dealkylation sites (N-methyl/N-ethyl adjacent to an activating group) is 1. The van der Waals surface area contributed by atoms with Crippen LogP contribution in [0.2, 0.25) is 0 Å². The number of carbonyl (C=O) groups excluding carboxylic acids is 1. The molecule has 0 saturated heterocycles. The summed E-state index contributed by atoms with van der Waals surface area (Å²) >= 11 is 0. The maximum atomic E-state index is 11.8. The van der Waals surface area contributed by atoms with Crippen LogP contribution < -0.4 is 16.4 Å². The Bertz CT molecular complexity index is 405. The summed E-state index contributed by atoms with van der Waals surface area (Å²) in [7, 11) is 1.74. The molecule has 18 heavy (non-hydrogen) atoms. The average molecular weight is 252 g/mol. The van der Waals surface area contributed by atoms with Crippen LogP contribution in [0.25, 0.3) is 0 Å². The van der Waals surface area contributed by atoms with Crippen LogP contribution in [-0.4, -0.2) is 47.5 Å². The molecule has 0 aliphatic rings. The Balaban J connectivity index is 2.63. The molecule has 0 spiro atoms. The van der Waals surface area contributed by atoms with E-state index in [0.29, 0.717) is 24.7 Å². The largest absolute Gasteiger partial charge is 0.373 e. The quantitative estimate of drug-likeness (QED) is 0.677. The summed E-state index contributed by atoms with van der Waals surface area (Å²) in [5.74, 6) is 1.34. The van der Waals surface area contributed by atoms with Gasteiger partial charge in [0.15, 0.2) is 0 Å². The first-order valence-electron chi connectivity index (χ1n) is 5.94. The number of carbonyl (C=O) groups is 1. The maximum Gasteiger partial charge on any atom is 0.241 e. The summed E-state index contributed by atoms with van der Waals surface area (Å²) in [4.78, 5) is 21.5. The van der Waals surface area contributed by atoms with E-state index >= 15 is 0 Å². The molecular formula is C11H20N6O.